The molecule has 4 aromatic rings. The van der Waals surface area contributed by atoms with Crippen molar-refractivity contribution in [3.05, 3.63) is 53.4 Å². The van der Waals surface area contributed by atoms with Crippen molar-refractivity contribution in [2.75, 3.05) is 69.2 Å². The molecule has 10 nitrogen and oxygen atoms in total. The Kier molecular flexibility index (Phi) is 7.62. The van der Waals surface area contributed by atoms with Crippen molar-refractivity contribution in [1.82, 2.24) is 24.8 Å². The number of piperazine rings is 1. The van der Waals surface area contributed by atoms with Crippen molar-refractivity contribution in [3.8, 4) is 5.75 Å². The molecule has 0 radical (unpaired) electrons. The van der Waals surface area contributed by atoms with Crippen LogP contribution < -0.4 is 25.6 Å². The van der Waals surface area contributed by atoms with Crippen molar-refractivity contribution < 1.29 is 9.30 Å². The molecule has 2 aromatic heterocycles. The first-order valence-corrected chi connectivity index (χ1v) is 15.6. The average Bonchev–Trinajstić information content (AvgIpc) is 2.90. The second-order valence-electron chi connectivity index (χ2n) is 10.0. The maximum Gasteiger partial charge on any atom is 0.229 e. The van der Waals surface area contributed by atoms with Crippen LogP contribution in [-0.2, 0) is 4.57 Å². The summed E-state index contributed by atoms with van der Waals surface area (Å²) in [6.45, 7) is 9.47. The lowest BCUT2D eigenvalue weighted by atomic mass is 10.1. The number of hydrogen-bond donors (Lipinski definition) is 2. The van der Waals surface area contributed by atoms with E-state index in [2.05, 4.69) is 60.4 Å². The summed E-state index contributed by atoms with van der Waals surface area (Å²) in [4.78, 5) is 22.5. The SMILES string of the molecule is COc1cc(N2CCN(C)CC2)c(C)cc1Nc1ncc(Cl)c(Nc2ccc3nccnc3c2P(C)(C)=O)n1. The number of aromatic nitrogens is 4. The molecule has 1 aliphatic rings. The van der Waals surface area contributed by atoms with E-state index < -0.39 is 7.14 Å². The van der Waals surface area contributed by atoms with Crippen LogP contribution in [0.2, 0.25) is 5.02 Å². The van der Waals surface area contributed by atoms with Crippen LogP contribution in [0.15, 0.2) is 42.9 Å². The summed E-state index contributed by atoms with van der Waals surface area (Å²) < 4.78 is 19.0. The smallest absolute Gasteiger partial charge is 0.229 e. The summed E-state index contributed by atoms with van der Waals surface area (Å²) in [5.41, 5.74) is 4.88. The van der Waals surface area contributed by atoms with E-state index in [0.717, 1.165) is 43.1 Å². The average molecular weight is 567 g/mol. The number of aryl methyl sites for hydroxylation is 1. The van der Waals surface area contributed by atoms with E-state index >= 15 is 0 Å². The molecule has 1 saturated heterocycles. The zero-order chi connectivity index (χ0) is 27.7. The number of benzene rings is 2. The molecular formula is C27H32ClN8O2P. The van der Waals surface area contributed by atoms with Crippen LogP contribution >= 0.6 is 18.7 Å². The number of likely N-dealkylation sites (N-methyl/N-ethyl adjacent to an activating group) is 1. The molecular weight excluding hydrogens is 535 g/mol. The fraction of sp³-hybridized carbons (Fsp3) is 0.333. The van der Waals surface area contributed by atoms with Crippen LogP contribution in [-0.4, -0.2) is 78.5 Å². The van der Waals surface area contributed by atoms with E-state index in [0.29, 0.717) is 44.6 Å². The number of hydrogen-bond acceptors (Lipinski definition) is 10. The number of halogens is 1. The summed E-state index contributed by atoms with van der Waals surface area (Å²) in [5, 5.41) is 7.45. The molecule has 12 heteroatoms. The number of rotatable bonds is 7. The normalized spacial score (nSPS) is 14.5. The molecule has 2 aromatic carbocycles. The molecule has 0 bridgehead atoms. The zero-order valence-electron chi connectivity index (χ0n) is 22.7. The quantitative estimate of drug-likeness (QED) is 0.300. The molecule has 0 spiro atoms. The first kappa shape index (κ1) is 27.1. The minimum atomic E-state index is -2.75. The van der Waals surface area contributed by atoms with Gasteiger partial charge in [0.1, 0.15) is 23.4 Å². The largest absolute Gasteiger partial charge is 0.494 e. The van der Waals surface area contributed by atoms with Crippen molar-refractivity contribution in [2.24, 2.45) is 0 Å². The highest BCUT2D eigenvalue weighted by Gasteiger charge is 2.23. The van der Waals surface area contributed by atoms with Gasteiger partial charge in [0.25, 0.3) is 0 Å². The summed E-state index contributed by atoms with van der Waals surface area (Å²) in [6, 6.07) is 7.75. The number of nitrogens with one attached hydrogen (secondary N) is 2. The first-order valence-electron chi connectivity index (χ1n) is 12.6. The Bertz CT molecular complexity index is 1570. The molecule has 204 valence electrons. The lowest BCUT2D eigenvalue weighted by Gasteiger charge is -2.35. The van der Waals surface area contributed by atoms with Crippen molar-refractivity contribution >= 4 is 63.9 Å². The Morgan fingerprint density at radius 3 is 2.46 bits per heavy atom. The van der Waals surface area contributed by atoms with Gasteiger partial charge in [0.05, 0.1) is 35.5 Å². The lowest BCUT2D eigenvalue weighted by Crippen LogP contribution is -2.44. The topological polar surface area (TPSA) is 108 Å². The number of nitrogens with zero attached hydrogens (tertiary/aromatic N) is 6. The van der Waals surface area contributed by atoms with E-state index in [1.165, 1.54) is 6.20 Å². The highest BCUT2D eigenvalue weighted by Crippen LogP contribution is 2.41. The van der Waals surface area contributed by atoms with Crippen molar-refractivity contribution in [1.29, 1.82) is 0 Å². The molecule has 5 rings (SSSR count). The molecule has 0 unspecified atom stereocenters. The molecule has 0 aliphatic carbocycles. The minimum absolute atomic E-state index is 0.321. The minimum Gasteiger partial charge on any atom is -0.494 e. The molecule has 0 saturated carbocycles. The van der Waals surface area contributed by atoms with Gasteiger partial charge in [-0.15, -0.1) is 0 Å². The monoisotopic (exact) mass is 566 g/mol. The molecule has 3 heterocycles. The molecule has 2 N–H and O–H groups in total. The van der Waals surface area contributed by atoms with Crippen LogP contribution in [0.25, 0.3) is 11.0 Å². The first-order chi connectivity index (χ1) is 18.6. The fourth-order valence-electron chi connectivity index (χ4n) is 4.76. The van der Waals surface area contributed by atoms with Gasteiger partial charge in [-0.1, -0.05) is 11.6 Å². The maximum absolute atomic E-state index is 13.3. The molecule has 0 atom stereocenters. The second-order valence-corrected chi connectivity index (χ2v) is 13.6. The third-order valence-electron chi connectivity index (χ3n) is 6.76. The Labute approximate surface area is 233 Å². The second kappa shape index (κ2) is 11.0. The van der Waals surface area contributed by atoms with E-state index in [1.54, 1.807) is 32.8 Å². The Hall–Kier alpha value is -3.46. The lowest BCUT2D eigenvalue weighted by molar-refractivity contribution is 0.312. The van der Waals surface area contributed by atoms with Gasteiger partial charge in [-0.25, -0.2) is 4.98 Å². The van der Waals surface area contributed by atoms with E-state index in [-0.39, 0.29) is 0 Å². The van der Waals surface area contributed by atoms with Crippen LogP contribution in [0, 0.1) is 6.92 Å². The zero-order valence-corrected chi connectivity index (χ0v) is 24.3. The summed E-state index contributed by atoms with van der Waals surface area (Å²) in [6.07, 6.45) is 4.73. The fourth-order valence-corrected chi connectivity index (χ4v) is 6.29. The van der Waals surface area contributed by atoms with Gasteiger partial charge in [0.15, 0.2) is 5.82 Å². The number of anilines is 5. The number of ether oxygens (including phenoxy) is 1. The third kappa shape index (κ3) is 5.78. The van der Waals surface area contributed by atoms with Crippen molar-refractivity contribution in [3.63, 3.8) is 0 Å². The molecule has 39 heavy (non-hydrogen) atoms. The van der Waals surface area contributed by atoms with Crippen LogP contribution in [0.4, 0.5) is 28.8 Å². The van der Waals surface area contributed by atoms with E-state index in [4.69, 9.17) is 16.3 Å². The third-order valence-corrected chi connectivity index (χ3v) is 8.56. The molecule has 1 aliphatic heterocycles. The molecule has 0 amide bonds. The van der Waals surface area contributed by atoms with E-state index in [9.17, 15) is 4.57 Å². The maximum atomic E-state index is 13.3. The van der Waals surface area contributed by atoms with Crippen LogP contribution in [0.3, 0.4) is 0 Å². The highest BCUT2D eigenvalue weighted by atomic mass is 35.5. The number of fused-ring (bicyclic) bond motifs is 1. The van der Waals surface area contributed by atoms with Gasteiger partial charge in [-0.2, -0.15) is 4.98 Å². The van der Waals surface area contributed by atoms with Crippen LogP contribution in [0.1, 0.15) is 5.56 Å². The van der Waals surface area contributed by atoms with Gasteiger partial charge in [0, 0.05) is 50.3 Å². The van der Waals surface area contributed by atoms with Gasteiger partial charge in [-0.3, -0.25) is 9.97 Å². The Morgan fingerprint density at radius 1 is 1.00 bits per heavy atom. The highest BCUT2D eigenvalue weighted by molar-refractivity contribution is 7.71. The van der Waals surface area contributed by atoms with Crippen LogP contribution in [0.5, 0.6) is 5.75 Å². The summed E-state index contributed by atoms with van der Waals surface area (Å²) >= 11 is 6.49. The van der Waals surface area contributed by atoms with Gasteiger partial charge in [-0.05, 0) is 51.1 Å². The standard InChI is InChI=1S/C27H32ClN8O2P/c1-17-14-21(23(38-3)15-22(17)36-12-10-35(2)11-13-36)33-27-31-16-18(28)26(34-27)32-20-7-6-19-24(30-9-8-29-19)25(20)39(4,5)37/h6-9,14-16H,10-13H2,1-5H3,(H2,31,32,33,34). The predicted molar refractivity (Wildman–Crippen MR) is 160 cm³/mol. The van der Waals surface area contributed by atoms with Gasteiger partial charge >= 0.3 is 0 Å². The Balaban J connectivity index is 1.46. The van der Waals surface area contributed by atoms with Gasteiger partial charge in [0.2, 0.25) is 5.95 Å². The summed E-state index contributed by atoms with van der Waals surface area (Å²) in [7, 11) is 1.05. The molecule has 1 fully saturated rings. The van der Waals surface area contributed by atoms with Crippen molar-refractivity contribution in [2.45, 2.75) is 6.92 Å². The number of methoxy groups -OCH3 is 1. The van der Waals surface area contributed by atoms with Gasteiger partial charge < -0.3 is 29.7 Å². The summed E-state index contributed by atoms with van der Waals surface area (Å²) in [5.74, 6) is 1.40. The van der Waals surface area contributed by atoms with E-state index in [1.807, 2.05) is 18.2 Å². The predicted octanol–water partition coefficient (Wildman–Crippen LogP) is 4.88. The Morgan fingerprint density at radius 2 is 1.74 bits per heavy atom.